The number of hydrogen-bond acceptors (Lipinski definition) is 10. The lowest BCUT2D eigenvalue weighted by Crippen LogP contribution is -2.33. The maximum atomic E-state index is 13.5. The molecule has 1 aliphatic rings. The van der Waals surface area contributed by atoms with Gasteiger partial charge in [0.25, 0.3) is 0 Å². The van der Waals surface area contributed by atoms with Crippen molar-refractivity contribution in [1.82, 2.24) is 4.90 Å². The number of aliphatic hydroxyl groups excluding tert-OH is 1. The van der Waals surface area contributed by atoms with Gasteiger partial charge in [-0.15, -0.1) is 0 Å². The number of unbranched alkanes of at least 4 members (excludes halogenated alkanes) is 24. The van der Waals surface area contributed by atoms with Crippen LogP contribution in [0.25, 0.3) is 0 Å². The third-order valence-corrected chi connectivity index (χ3v) is 12.3. The zero-order valence-electron chi connectivity index (χ0n) is 40.3. The Morgan fingerprint density at radius 2 is 1.03 bits per heavy atom. The SMILES string of the molecule is CCCCCCCCCOC(=O)CCCCCCCN(CCO)CCCCCCCC(=O)O[C@@H]1C[C@H](OC(=O)C(CCCCCCCC)CCCCCCCC)[C@@H](COC)O1. The molecule has 10 heteroatoms. The number of esters is 3. The second-order valence-electron chi connectivity index (χ2n) is 18.0. The largest absolute Gasteiger partial charge is 0.466 e. The van der Waals surface area contributed by atoms with Crippen LogP contribution in [0.3, 0.4) is 0 Å². The molecule has 0 radical (unpaired) electrons. The van der Waals surface area contributed by atoms with Gasteiger partial charge in [-0.2, -0.15) is 0 Å². The van der Waals surface area contributed by atoms with E-state index in [1.54, 1.807) is 7.11 Å². The fourth-order valence-electron chi connectivity index (χ4n) is 8.43. The number of carbonyl (C=O) groups excluding carboxylic acids is 3. The van der Waals surface area contributed by atoms with E-state index in [1.807, 2.05) is 0 Å². The third kappa shape index (κ3) is 33.4. The first-order chi connectivity index (χ1) is 29.9. The summed E-state index contributed by atoms with van der Waals surface area (Å²) in [6.45, 7) is 10.4. The molecule has 0 aromatic heterocycles. The van der Waals surface area contributed by atoms with Gasteiger partial charge in [0.05, 0.1) is 32.2 Å². The van der Waals surface area contributed by atoms with Gasteiger partial charge in [0.1, 0.15) is 12.2 Å². The first-order valence-corrected chi connectivity index (χ1v) is 25.9. The summed E-state index contributed by atoms with van der Waals surface area (Å²) in [6.07, 6.45) is 34.5. The normalized spacial score (nSPS) is 16.5. The Labute approximate surface area is 375 Å². The second kappa shape index (κ2) is 42.2. The Morgan fingerprint density at radius 1 is 0.574 bits per heavy atom. The molecule has 1 N–H and O–H groups in total. The van der Waals surface area contributed by atoms with Crippen molar-refractivity contribution in [2.45, 2.75) is 258 Å². The third-order valence-electron chi connectivity index (χ3n) is 12.3. The van der Waals surface area contributed by atoms with E-state index >= 15 is 0 Å². The molecule has 1 heterocycles. The molecule has 0 aliphatic carbocycles. The molecule has 0 aromatic carbocycles. The number of rotatable bonds is 45. The summed E-state index contributed by atoms with van der Waals surface area (Å²) >= 11 is 0. The summed E-state index contributed by atoms with van der Waals surface area (Å²) < 4.78 is 28.7. The quantitative estimate of drug-likeness (QED) is 0.0360. The molecule has 10 nitrogen and oxygen atoms in total. The van der Waals surface area contributed by atoms with Crippen molar-refractivity contribution in [3.8, 4) is 0 Å². The molecular formula is C51H97NO9. The highest BCUT2D eigenvalue weighted by atomic mass is 16.7. The average molecular weight is 868 g/mol. The minimum atomic E-state index is -0.730. The molecular weight excluding hydrogens is 771 g/mol. The summed E-state index contributed by atoms with van der Waals surface area (Å²) in [4.78, 5) is 40.7. The van der Waals surface area contributed by atoms with E-state index in [4.69, 9.17) is 23.7 Å². The van der Waals surface area contributed by atoms with Gasteiger partial charge in [-0.05, 0) is 58.0 Å². The van der Waals surface area contributed by atoms with Crippen LogP contribution < -0.4 is 0 Å². The Kier molecular flexibility index (Phi) is 39.6. The van der Waals surface area contributed by atoms with Crippen molar-refractivity contribution in [2.75, 3.05) is 46.6 Å². The second-order valence-corrected chi connectivity index (χ2v) is 18.0. The zero-order valence-corrected chi connectivity index (χ0v) is 40.3. The summed E-state index contributed by atoms with van der Waals surface area (Å²) in [5.41, 5.74) is 0. The molecule has 0 unspecified atom stereocenters. The smallest absolute Gasteiger partial charge is 0.309 e. The summed E-state index contributed by atoms with van der Waals surface area (Å²) in [5, 5.41) is 9.59. The van der Waals surface area contributed by atoms with E-state index in [0.29, 0.717) is 32.4 Å². The van der Waals surface area contributed by atoms with Crippen molar-refractivity contribution in [2.24, 2.45) is 5.92 Å². The van der Waals surface area contributed by atoms with Gasteiger partial charge in [0.15, 0.2) is 0 Å². The fraction of sp³-hybridized carbons (Fsp3) is 0.941. The fourth-order valence-corrected chi connectivity index (χ4v) is 8.43. The predicted molar refractivity (Wildman–Crippen MR) is 248 cm³/mol. The van der Waals surface area contributed by atoms with Gasteiger partial charge in [0, 0.05) is 26.5 Å². The van der Waals surface area contributed by atoms with E-state index in [-0.39, 0.29) is 37.0 Å². The highest BCUT2D eigenvalue weighted by Gasteiger charge is 2.40. The van der Waals surface area contributed by atoms with Crippen LogP contribution in [-0.2, 0) is 38.1 Å². The molecule has 360 valence electrons. The lowest BCUT2D eigenvalue weighted by atomic mass is 9.94. The summed E-state index contributed by atoms with van der Waals surface area (Å²) in [5.74, 6) is -0.566. The Hall–Kier alpha value is -1.75. The Bertz CT molecular complexity index is 996. The highest BCUT2D eigenvalue weighted by molar-refractivity contribution is 5.72. The van der Waals surface area contributed by atoms with Gasteiger partial charge in [-0.25, -0.2) is 0 Å². The van der Waals surface area contributed by atoms with E-state index in [9.17, 15) is 19.5 Å². The monoisotopic (exact) mass is 868 g/mol. The molecule has 61 heavy (non-hydrogen) atoms. The van der Waals surface area contributed by atoms with Crippen molar-refractivity contribution in [1.29, 1.82) is 0 Å². The molecule has 1 saturated heterocycles. The topological polar surface area (TPSA) is 121 Å². The van der Waals surface area contributed by atoms with Crippen LogP contribution in [0.1, 0.15) is 239 Å². The summed E-state index contributed by atoms with van der Waals surface area (Å²) in [7, 11) is 1.61. The van der Waals surface area contributed by atoms with Gasteiger partial charge in [-0.3, -0.25) is 14.4 Å². The van der Waals surface area contributed by atoms with Crippen LogP contribution in [0, 0.1) is 5.92 Å². The first kappa shape index (κ1) is 57.3. The number of nitrogens with zero attached hydrogens (tertiary/aromatic N) is 1. The predicted octanol–water partition coefficient (Wildman–Crippen LogP) is 12.6. The highest BCUT2D eigenvalue weighted by Crippen LogP contribution is 2.28. The molecule has 0 saturated carbocycles. The van der Waals surface area contributed by atoms with Crippen molar-refractivity contribution >= 4 is 17.9 Å². The number of methoxy groups -OCH3 is 1. The molecule has 0 amide bonds. The van der Waals surface area contributed by atoms with Crippen LogP contribution >= 0.6 is 0 Å². The number of carbonyl (C=O) groups is 3. The average Bonchev–Trinajstić information content (AvgIpc) is 3.61. The number of aliphatic hydroxyl groups is 1. The van der Waals surface area contributed by atoms with Crippen molar-refractivity contribution < 1.29 is 43.2 Å². The standard InChI is InChI=1S/C51H97NO9/c1-5-8-11-14-17-26-33-42-58-48(54)36-29-22-18-24-31-38-52(40-41-53)39-32-25-19-23-30-37-49(55)61-50-43-46(47(59-50)44-57-4)60-51(56)45(34-27-20-15-12-9-6-2)35-28-21-16-13-10-7-3/h45-47,50,53H,5-44H2,1-4H3/t46-,47+,50+/m0/s1. The molecule has 1 fully saturated rings. The van der Waals surface area contributed by atoms with Gasteiger partial charge in [0.2, 0.25) is 6.29 Å². The van der Waals surface area contributed by atoms with Gasteiger partial charge in [-0.1, -0.05) is 175 Å². The Morgan fingerprint density at radius 3 is 1.54 bits per heavy atom. The maximum absolute atomic E-state index is 13.5. The summed E-state index contributed by atoms with van der Waals surface area (Å²) in [6, 6.07) is 0. The minimum Gasteiger partial charge on any atom is -0.466 e. The van der Waals surface area contributed by atoms with E-state index in [1.165, 1.54) is 83.5 Å². The van der Waals surface area contributed by atoms with Gasteiger partial charge < -0.3 is 33.7 Å². The van der Waals surface area contributed by atoms with Crippen LogP contribution in [0.4, 0.5) is 0 Å². The van der Waals surface area contributed by atoms with E-state index in [2.05, 4.69) is 25.7 Å². The van der Waals surface area contributed by atoms with Crippen LogP contribution in [0.15, 0.2) is 0 Å². The van der Waals surface area contributed by atoms with Gasteiger partial charge >= 0.3 is 17.9 Å². The zero-order chi connectivity index (χ0) is 44.4. The van der Waals surface area contributed by atoms with E-state index in [0.717, 1.165) is 129 Å². The van der Waals surface area contributed by atoms with Crippen molar-refractivity contribution in [3.05, 3.63) is 0 Å². The molecule has 0 bridgehead atoms. The molecule has 0 spiro atoms. The number of ether oxygens (including phenoxy) is 5. The van der Waals surface area contributed by atoms with Crippen LogP contribution in [-0.4, -0.2) is 93.0 Å². The minimum absolute atomic E-state index is 0.0513. The maximum Gasteiger partial charge on any atom is 0.309 e. The van der Waals surface area contributed by atoms with Crippen LogP contribution in [0.2, 0.25) is 0 Å². The lowest BCUT2D eigenvalue weighted by Gasteiger charge is -2.22. The van der Waals surface area contributed by atoms with Crippen molar-refractivity contribution in [3.63, 3.8) is 0 Å². The number of hydrogen-bond donors (Lipinski definition) is 1. The molecule has 3 atom stereocenters. The first-order valence-electron chi connectivity index (χ1n) is 25.9. The molecule has 0 aromatic rings. The Balaban J connectivity index is 2.27. The lowest BCUT2D eigenvalue weighted by molar-refractivity contribution is -0.180. The van der Waals surface area contributed by atoms with E-state index < -0.39 is 18.5 Å². The molecule has 1 rings (SSSR count). The molecule has 1 aliphatic heterocycles. The van der Waals surface area contributed by atoms with Crippen LogP contribution in [0.5, 0.6) is 0 Å².